The summed E-state index contributed by atoms with van der Waals surface area (Å²) in [6.45, 7) is 3.07. The molecule has 28 heavy (non-hydrogen) atoms. The predicted octanol–water partition coefficient (Wildman–Crippen LogP) is 4.26. The Hall–Kier alpha value is -2.86. The fourth-order valence-corrected chi connectivity index (χ4v) is 4.17. The first-order valence-electron chi connectivity index (χ1n) is 9.52. The van der Waals surface area contributed by atoms with Gasteiger partial charge in [-0.2, -0.15) is 0 Å². The van der Waals surface area contributed by atoms with Crippen molar-refractivity contribution < 1.29 is 4.74 Å². The minimum Gasteiger partial charge on any atom is -0.497 e. The van der Waals surface area contributed by atoms with Gasteiger partial charge in [0.2, 0.25) is 0 Å². The van der Waals surface area contributed by atoms with Crippen molar-refractivity contribution in [2.45, 2.75) is 25.4 Å². The third-order valence-electron chi connectivity index (χ3n) is 5.08. The molecule has 4 rings (SSSR count). The fourth-order valence-electron chi connectivity index (χ4n) is 3.84. The molecular formula is C22H24N4OS. The number of ether oxygens (including phenoxy) is 1. The molecule has 6 heteroatoms. The van der Waals surface area contributed by atoms with Crippen LogP contribution in [0.15, 0.2) is 67.0 Å². The highest BCUT2D eigenvalue weighted by Gasteiger charge is 2.40. The van der Waals surface area contributed by atoms with Gasteiger partial charge in [0, 0.05) is 36.4 Å². The highest BCUT2D eigenvalue weighted by molar-refractivity contribution is 7.80. The first kappa shape index (κ1) is 18.5. The van der Waals surface area contributed by atoms with Gasteiger partial charge in [-0.15, -0.1) is 0 Å². The molecule has 0 aliphatic carbocycles. The van der Waals surface area contributed by atoms with Crippen LogP contribution in [0, 0.1) is 0 Å². The summed E-state index contributed by atoms with van der Waals surface area (Å²) in [5, 5.41) is 4.28. The molecule has 1 aromatic carbocycles. The third-order valence-corrected chi connectivity index (χ3v) is 5.43. The van der Waals surface area contributed by atoms with Gasteiger partial charge in [0.25, 0.3) is 0 Å². The number of methoxy groups -OCH3 is 1. The normalized spacial score (nSPS) is 18.9. The van der Waals surface area contributed by atoms with E-state index >= 15 is 0 Å². The van der Waals surface area contributed by atoms with Gasteiger partial charge in [-0.3, -0.25) is 4.98 Å². The van der Waals surface area contributed by atoms with E-state index in [0.29, 0.717) is 0 Å². The van der Waals surface area contributed by atoms with E-state index in [1.165, 1.54) is 5.69 Å². The van der Waals surface area contributed by atoms with Gasteiger partial charge >= 0.3 is 0 Å². The monoisotopic (exact) mass is 392 g/mol. The van der Waals surface area contributed by atoms with Crippen molar-refractivity contribution in [3.05, 3.63) is 78.4 Å². The zero-order valence-corrected chi connectivity index (χ0v) is 16.9. The van der Waals surface area contributed by atoms with E-state index in [0.717, 1.165) is 35.2 Å². The van der Waals surface area contributed by atoms with Crippen molar-refractivity contribution in [1.82, 2.24) is 19.8 Å². The van der Waals surface area contributed by atoms with Crippen LogP contribution in [0.5, 0.6) is 5.75 Å². The standard InChI is InChI=1S/C22H24N4OS/c1-3-13-26-21(20(24-22(26)28)18-10-4-5-12-23-18)19-11-7-14-25(19)16-8-6-9-17(15-16)27-2/h4-12,14-15,20-21H,3,13H2,1-2H3,(H,24,28)/t20-,21+/m1/s1. The second kappa shape index (κ2) is 8.02. The van der Waals surface area contributed by atoms with Gasteiger partial charge in [0.05, 0.1) is 24.9 Å². The van der Waals surface area contributed by atoms with Gasteiger partial charge < -0.3 is 19.5 Å². The number of pyridine rings is 1. The maximum Gasteiger partial charge on any atom is 0.170 e. The number of hydrogen-bond donors (Lipinski definition) is 1. The molecule has 2 aromatic heterocycles. The molecule has 0 bridgehead atoms. The van der Waals surface area contributed by atoms with Crippen LogP contribution in [0.2, 0.25) is 0 Å². The lowest BCUT2D eigenvalue weighted by Crippen LogP contribution is -2.31. The largest absolute Gasteiger partial charge is 0.497 e. The average Bonchev–Trinajstić information content (AvgIpc) is 3.34. The maximum atomic E-state index is 5.69. The Morgan fingerprint density at radius 1 is 1.14 bits per heavy atom. The molecule has 1 aliphatic rings. The smallest absolute Gasteiger partial charge is 0.170 e. The molecule has 3 aromatic rings. The molecule has 0 unspecified atom stereocenters. The van der Waals surface area contributed by atoms with Crippen molar-refractivity contribution >= 4 is 17.3 Å². The summed E-state index contributed by atoms with van der Waals surface area (Å²) < 4.78 is 7.63. The highest BCUT2D eigenvalue weighted by Crippen LogP contribution is 2.39. The summed E-state index contributed by atoms with van der Waals surface area (Å²) in [4.78, 5) is 6.88. The van der Waals surface area contributed by atoms with Gasteiger partial charge in [-0.1, -0.05) is 19.1 Å². The molecule has 1 N–H and O–H groups in total. The van der Waals surface area contributed by atoms with Crippen molar-refractivity contribution in [3.63, 3.8) is 0 Å². The molecule has 0 amide bonds. The lowest BCUT2D eigenvalue weighted by molar-refractivity contribution is 0.309. The number of benzene rings is 1. The van der Waals surface area contributed by atoms with E-state index in [1.54, 1.807) is 7.11 Å². The topological polar surface area (TPSA) is 42.3 Å². The molecule has 144 valence electrons. The molecule has 2 atom stereocenters. The summed E-state index contributed by atoms with van der Waals surface area (Å²) >= 11 is 5.69. The van der Waals surface area contributed by atoms with E-state index in [-0.39, 0.29) is 12.1 Å². The maximum absolute atomic E-state index is 5.69. The number of hydrogen-bond acceptors (Lipinski definition) is 3. The van der Waals surface area contributed by atoms with Crippen molar-refractivity contribution in [2.24, 2.45) is 0 Å². The third kappa shape index (κ3) is 3.36. The Bertz CT molecular complexity index is 956. The van der Waals surface area contributed by atoms with Crippen LogP contribution in [0.25, 0.3) is 5.69 Å². The molecule has 5 nitrogen and oxygen atoms in total. The molecule has 1 fully saturated rings. The Kier molecular flexibility index (Phi) is 5.30. The van der Waals surface area contributed by atoms with Crippen LogP contribution < -0.4 is 10.1 Å². The number of thiocarbonyl (C=S) groups is 1. The van der Waals surface area contributed by atoms with Crippen LogP contribution in [0.4, 0.5) is 0 Å². The summed E-state index contributed by atoms with van der Waals surface area (Å²) in [6.07, 6.45) is 4.94. The quantitative estimate of drug-likeness (QED) is 0.635. The molecular weight excluding hydrogens is 368 g/mol. The lowest BCUT2D eigenvalue weighted by Gasteiger charge is -2.28. The number of rotatable bonds is 6. The Morgan fingerprint density at radius 2 is 2.04 bits per heavy atom. The number of nitrogens with one attached hydrogen (secondary N) is 1. The Labute approximate surface area is 171 Å². The number of nitrogens with zero attached hydrogens (tertiary/aromatic N) is 3. The van der Waals surface area contributed by atoms with Crippen LogP contribution in [0.3, 0.4) is 0 Å². The molecule has 0 saturated carbocycles. The summed E-state index contributed by atoms with van der Waals surface area (Å²) in [6, 6.07) is 18.4. The van der Waals surface area contributed by atoms with Gasteiger partial charge in [0.1, 0.15) is 5.75 Å². The van der Waals surface area contributed by atoms with E-state index in [2.05, 4.69) is 57.2 Å². The highest BCUT2D eigenvalue weighted by atomic mass is 32.1. The van der Waals surface area contributed by atoms with Gasteiger partial charge in [-0.05, 0) is 55.0 Å². The van der Waals surface area contributed by atoms with Crippen LogP contribution in [0.1, 0.15) is 36.8 Å². The first-order valence-corrected chi connectivity index (χ1v) is 9.93. The number of aromatic nitrogens is 2. The first-order chi connectivity index (χ1) is 13.7. The minimum absolute atomic E-state index is 0.000456. The fraction of sp³-hybridized carbons (Fsp3) is 0.273. The van der Waals surface area contributed by atoms with E-state index in [1.807, 2.05) is 36.5 Å². The van der Waals surface area contributed by atoms with Gasteiger partial charge in [0.15, 0.2) is 5.11 Å². The summed E-state index contributed by atoms with van der Waals surface area (Å²) in [7, 11) is 1.69. The molecule has 1 aliphatic heterocycles. The van der Waals surface area contributed by atoms with E-state index < -0.39 is 0 Å². The summed E-state index contributed by atoms with van der Waals surface area (Å²) in [5.74, 6) is 0.837. The van der Waals surface area contributed by atoms with Crippen LogP contribution >= 0.6 is 12.2 Å². The Morgan fingerprint density at radius 3 is 2.79 bits per heavy atom. The van der Waals surface area contributed by atoms with Crippen LogP contribution in [-0.2, 0) is 0 Å². The van der Waals surface area contributed by atoms with Crippen molar-refractivity contribution in [1.29, 1.82) is 0 Å². The minimum atomic E-state index is -0.000456. The summed E-state index contributed by atoms with van der Waals surface area (Å²) in [5.41, 5.74) is 3.23. The SMILES string of the molecule is CCCN1C(=S)N[C@H](c2ccccn2)[C@@H]1c1cccn1-c1cccc(OC)c1. The van der Waals surface area contributed by atoms with Gasteiger partial charge in [-0.25, -0.2) is 0 Å². The van der Waals surface area contributed by atoms with Crippen molar-refractivity contribution in [2.75, 3.05) is 13.7 Å². The van der Waals surface area contributed by atoms with Crippen LogP contribution in [-0.4, -0.2) is 33.2 Å². The Balaban J connectivity index is 1.80. The second-order valence-corrected chi connectivity index (χ2v) is 7.21. The lowest BCUT2D eigenvalue weighted by atomic mass is 10.0. The molecule has 3 heterocycles. The second-order valence-electron chi connectivity index (χ2n) is 6.82. The van der Waals surface area contributed by atoms with Crippen molar-refractivity contribution in [3.8, 4) is 11.4 Å². The zero-order chi connectivity index (χ0) is 19.5. The molecule has 0 spiro atoms. The zero-order valence-electron chi connectivity index (χ0n) is 16.1. The predicted molar refractivity (Wildman–Crippen MR) is 115 cm³/mol. The van der Waals surface area contributed by atoms with E-state index in [9.17, 15) is 0 Å². The molecule has 1 saturated heterocycles. The van der Waals surface area contributed by atoms with E-state index in [4.69, 9.17) is 17.0 Å². The average molecular weight is 393 g/mol. The molecule has 0 radical (unpaired) electrons.